The molecule has 45 heavy (non-hydrogen) atoms. The highest BCUT2D eigenvalue weighted by Crippen LogP contribution is 2.47. The van der Waals surface area contributed by atoms with Gasteiger partial charge in [-0.15, -0.1) is 0 Å². The number of aliphatic hydroxyl groups is 2. The molecule has 2 aromatic rings. The summed E-state index contributed by atoms with van der Waals surface area (Å²) in [5.41, 5.74) is 8.25. The first-order valence-corrected chi connectivity index (χ1v) is 15.1. The highest BCUT2D eigenvalue weighted by Gasteiger charge is 2.41. The minimum atomic E-state index is -1.12. The van der Waals surface area contributed by atoms with Crippen molar-refractivity contribution in [3.63, 3.8) is 0 Å². The van der Waals surface area contributed by atoms with Crippen LogP contribution in [0.15, 0.2) is 47.2 Å². The maximum Gasteiger partial charge on any atom is 0.255 e. The van der Waals surface area contributed by atoms with E-state index >= 15 is 0 Å². The molecule has 1 heterocycles. The molecule has 11 nitrogen and oxygen atoms in total. The van der Waals surface area contributed by atoms with Crippen LogP contribution in [0.5, 0.6) is 11.5 Å². The molecule has 2 aromatic carbocycles. The Morgan fingerprint density at radius 3 is 2.42 bits per heavy atom. The zero-order chi connectivity index (χ0) is 32.6. The molecule has 240 valence electrons. The summed E-state index contributed by atoms with van der Waals surface area (Å²) in [6, 6.07) is 8.48. The van der Waals surface area contributed by atoms with Gasteiger partial charge in [-0.05, 0) is 73.7 Å². The van der Waals surface area contributed by atoms with E-state index in [0.717, 1.165) is 36.3 Å². The summed E-state index contributed by atoms with van der Waals surface area (Å²) in [6.45, 7) is 5.58. The summed E-state index contributed by atoms with van der Waals surface area (Å²) < 4.78 is 11.2. The van der Waals surface area contributed by atoms with Crippen molar-refractivity contribution in [1.82, 2.24) is 9.80 Å². The largest absolute Gasteiger partial charge is 0.510 e. The molecule has 1 aliphatic heterocycles. The summed E-state index contributed by atoms with van der Waals surface area (Å²) in [7, 11) is 5.02. The van der Waals surface area contributed by atoms with Crippen LogP contribution >= 0.6 is 0 Å². The Bertz CT molecular complexity index is 1590. The van der Waals surface area contributed by atoms with E-state index in [1.54, 1.807) is 32.2 Å². The van der Waals surface area contributed by atoms with E-state index in [2.05, 4.69) is 4.90 Å². The topological polar surface area (TPSA) is 163 Å². The fourth-order valence-corrected chi connectivity index (χ4v) is 7.17. The van der Waals surface area contributed by atoms with E-state index in [-0.39, 0.29) is 29.2 Å². The molecule has 0 saturated carbocycles. The van der Waals surface area contributed by atoms with E-state index in [1.165, 1.54) is 6.07 Å². The number of primary amides is 1. The van der Waals surface area contributed by atoms with Gasteiger partial charge in [-0.1, -0.05) is 19.1 Å². The Balaban J connectivity index is 1.64. The molecule has 5 rings (SSSR count). The molecule has 0 bridgehead atoms. The third-order valence-corrected chi connectivity index (χ3v) is 9.14. The third kappa shape index (κ3) is 6.20. The number of phenols is 1. The SMILES string of the molecule is COc1ccc(CN2CCOCC2)cc1-c1ccc(O)c2c1C[C@H]1C[C@H](C)[C@H](N(C)C)/C(O)=C(/C(N)=O)C(=O)CC(=O)C1=C2O. The predicted octanol–water partition coefficient (Wildman–Crippen LogP) is 3.14. The fraction of sp³-hybridized carbons (Fsp3) is 0.441. The number of aliphatic hydroxyl groups excluding tert-OH is 2. The number of Topliss-reactive ketones (excluding diaryl/α,β-unsaturated/α-hetero) is 2. The van der Waals surface area contributed by atoms with Gasteiger partial charge in [-0.25, -0.2) is 0 Å². The molecule has 0 aromatic heterocycles. The molecule has 2 aliphatic carbocycles. The Labute approximate surface area is 262 Å². The first-order chi connectivity index (χ1) is 21.4. The average molecular weight is 620 g/mol. The Kier molecular flexibility index (Phi) is 9.33. The Morgan fingerprint density at radius 2 is 1.78 bits per heavy atom. The lowest BCUT2D eigenvalue weighted by Gasteiger charge is -2.36. The van der Waals surface area contributed by atoms with Gasteiger partial charge in [0.15, 0.2) is 11.6 Å². The summed E-state index contributed by atoms with van der Waals surface area (Å²) in [5.74, 6) is -4.12. The van der Waals surface area contributed by atoms with Crippen molar-refractivity contribution in [3.8, 4) is 22.6 Å². The van der Waals surface area contributed by atoms with Crippen LogP contribution in [0.1, 0.15) is 36.5 Å². The van der Waals surface area contributed by atoms with E-state index in [1.807, 2.05) is 25.1 Å². The van der Waals surface area contributed by atoms with Crippen LogP contribution in [0.3, 0.4) is 0 Å². The van der Waals surface area contributed by atoms with E-state index < -0.39 is 52.9 Å². The molecule has 5 N–H and O–H groups in total. The van der Waals surface area contributed by atoms with Crippen LogP contribution < -0.4 is 10.5 Å². The van der Waals surface area contributed by atoms with Crippen LogP contribution in [-0.4, -0.2) is 96.1 Å². The van der Waals surface area contributed by atoms with Gasteiger partial charge in [0.1, 0.15) is 28.6 Å². The van der Waals surface area contributed by atoms with Crippen LogP contribution in [0, 0.1) is 11.8 Å². The standard InChI is InChI=1S/C34H41N3O8/c1-18-13-20-15-23-21(22-14-19(5-8-27(22)44-4)17-37-9-11-45-12-10-37)6-7-24(38)29(23)32(41)28(20)25(39)16-26(40)30(34(35)43)33(42)31(18)36(2)3/h5-8,14,18,20,31,38,41-42H,9-13,15-17H2,1-4H3,(H2,35,43)/b33-30-/t18-,20+,31-/m0/s1. The van der Waals surface area contributed by atoms with Gasteiger partial charge >= 0.3 is 0 Å². The van der Waals surface area contributed by atoms with Crippen molar-refractivity contribution in [2.24, 2.45) is 17.6 Å². The number of fused-ring (bicyclic) bond motifs is 2. The van der Waals surface area contributed by atoms with E-state index in [4.69, 9.17) is 15.2 Å². The van der Waals surface area contributed by atoms with Gasteiger partial charge in [-0.2, -0.15) is 0 Å². The number of rotatable bonds is 6. The second-order valence-corrected chi connectivity index (χ2v) is 12.3. The molecular weight excluding hydrogens is 578 g/mol. The zero-order valence-corrected chi connectivity index (χ0v) is 26.1. The summed E-state index contributed by atoms with van der Waals surface area (Å²) >= 11 is 0. The van der Waals surface area contributed by atoms with Crippen molar-refractivity contribution >= 4 is 23.2 Å². The highest BCUT2D eigenvalue weighted by molar-refractivity contribution is 6.25. The van der Waals surface area contributed by atoms with E-state index in [9.17, 15) is 29.7 Å². The number of amides is 1. The number of morpholine rings is 1. The number of methoxy groups -OCH3 is 1. The van der Waals surface area contributed by atoms with Gasteiger partial charge < -0.3 is 30.5 Å². The van der Waals surface area contributed by atoms with Gasteiger partial charge in [-0.3, -0.25) is 24.2 Å². The number of benzene rings is 2. The van der Waals surface area contributed by atoms with Crippen molar-refractivity contribution in [3.05, 3.63) is 63.9 Å². The number of carbonyl (C=O) groups is 3. The van der Waals surface area contributed by atoms with E-state index in [0.29, 0.717) is 30.9 Å². The van der Waals surface area contributed by atoms with Crippen molar-refractivity contribution in [1.29, 1.82) is 0 Å². The first kappa shape index (κ1) is 32.2. The first-order valence-electron chi connectivity index (χ1n) is 15.1. The number of ketones is 2. The van der Waals surface area contributed by atoms with Crippen LogP contribution in [0.25, 0.3) is 16.9 Å². The number of nitrogens with two attached hydrogens (primary N) is 1. The Hall–Kier alpha value is -4.19. The lowest BCUT2D eigenvalue weighted by atomic mass is 9.71. The monoisotopic (exact) mass is 619 g/mol. The van der Waals surface area contributed by atoms with Gasteiger partial charge in [0.05, 0.1) is 38.3 Å². The zero-order valence-electron chi connectivity index (χ0n) is 26.1. The van der Waals surface area contributed by atoms with Crippen LogP contribution in [-0.2, 0) is 32.1 Å². The van der Waals surface area contributed by atoms with Gasteiger partial charge in [0.2, 0.25) is 0 Å². The minimum Gasteiger partial charge on any atom is -0.510 e. The average Bonchev–Trinajstić information content (AvgIpc) is 2.97. The third-order valence-electron chi connectivity index (χ3n) is 9.14. The number of ether oxygens (including phenoxy) is 2. The highest BCUT2D eigenvalue weighted by atomic mass is 16.5. The van der Waals surface area contributed by atoms with Crippen molar-refractivity contribution < 1.29 is 39.2 Å². The number of allylic oxidation sites excluding steroid dienone is 1. The number of carbonyl (C=O) groups excluding carboxylic acids is 3. The predicted molar refractivity (Wildman–Crippen MR) is 168 cm³/mol. The maximum atomic E-state index is 13.7. The molecule has 11 heteroatoms. The number of nitrogens with zero attached hydrogens (tertiary/aromatic N) is 2. The van der Waals surface area contributed by atoms with Crippen LogP contribution in [0.4, 0.5) is 0 Å². The summed E-state index contributed by atoms with van der Waals surface area (Å²) in [5, 5.41) is 33.9. The lowest BCUT2D eigenvalue weighted by molar-refractivity contribution is -0.125. The molecule has 1 amide bonds. The molecule has 1 fully saturated rings. The molecule has 1 saturated heterocycles. The molecule has 0 spiro atoms. The number of phenolic OH excluding ortho intramolecular Hbond substituents is 1. The second-order valence-electron chi connectivity index (χ2n) is 12.3. The normalized spacial score (nSPS) is 24.8. The second kappa shape index (κ2) is 13.0. The Morgan fingerprint density at radius 1 is 1.07 bits per heavy atom. The number of likely N-dealkylation sites (N-methyl/N-ethyl adjacent to an activating group) is 1. The van der Waals surface area contributed by atoms with Gasteiger partial charge in [0.25, 0.3) is 5.91 Å². The minimum absolute atomic E-state index is 0.0194. The van der Waals surface area contributed by atoms with Gasteiger partial charge in [0, 0.05) is 30.8 Å². The molecular formula is C34H41N3O8. The van der Waals surface area contributed by atoms with Crippen molar-refractivity contribution in [2.45, 2.75) is 38.8 Å². The molecule has 0 unspecified atom stereocenters. The number of hydrogen-bond acceptors (Lipinski definition) is 10. The molecule has 3 aliphatic rings. The quantitative estimate of drug-likeness (QED) is 0.279. The van der Waals surface area contributed by atoms with Crippen molar-refractivity contribution in [2.75, 3.05) is 47.5 Å². The fourth-order valence-electron chi connectivity index (χ4n) is 7.17. The molecule has 3 atom stereocenters. The van der Waals surface area contributed by atoms with Crippen LogP contribution in [0.2, 0.25) is 0 Å². The smallest absolute Gasteiger partial charge is 0.255 e. The maximum absolute atomic E-state index is 13.7. The summed E-state index contributed by atoms with van der Waals surface area (Å²) in [4.78, 5) is 43.2. The number of aromatic hydroxyl groups is 1. The number of hydrogen-bond donors (Lipinski definition) is 4. The lowest BCUT2D eigenvalue weighted by Crippen LogP contribution is -2.41. The molecule has 0 radical (unpaired) electrons. The summed E-state index contributed by atoms with van der Waals surface area (Å²) in [6.07, 6.45) is -0.173.